The van der Waals surface area contributed by atoms with Gasteiger partial charge < -0.3 is 15.4 Å². The van der Waals surface area contributed by atoms with Crippen LogP contribution in [0.2, 0.25) is 0 Å². The molecule has 2 aromatic rings. The maximum Gasteiger partial charge on any atom is 0.240 e. The highest BCUT2D eigenvalue weighted by Gasteiger charge is 2.32. The van der Waals surface area contributed by atoms with Crippen LogP contribution < -0.4 is 15.4 Å². The van der Waals surface area contributed by atoms with E-state index < -0.39 is 5.25 Å². The lowest BCUT2D eigenvalue weighted by Gasteiger charge is -2.12. The molecule has 2 N–H and O–H groups in total. The molecular weight excluding hydrogens is 350 g/mol. The number of carbonyl (C=O) groups excluding carboxylic acids is 2. The molecule has 0 aromatic heterocycles. The summed E-state index contributed by atoms with van der Waals surface area (Å²) < 4.78 is 5.49. The number of anilines is 1. The first-order valence-electron chi connectivity index (χ1n) is 8.28. The van der Waals surface area contributed by atoms with E-state index in [-0.39, 0.29) is 18.2 Å². The Hall–Kier alpha value is -2.80. The van der Waals surface area contributed by atoms with Crippen molar-refractivity contribution in [3.8, 4) is 5.75 Å². The maximum absolute atomic E-state index is 12.3. The molecule has 0 radical (unpaired) electrons. The number of carbonyl (C=O) groups is 2. The first-order valence-corrected chi connectivity index (χ1v) is 9.16. The molecule has 0 bridgehead atoms. The van der Waals surface area contributed by atoms with Gasteiger partial charge in [0.2, 0.25) is 11.8 Å². The molecule has 1 heterocycles. The van der Waals surface area contributed by atoms with Gasteiger partial charge in [-0.2, -0.15) is 0 Å². The molecule has 0 saturated carbocycles. The second-order valence-corrected chi connectivity index (χ2v) is 6.72. The number of aliphatic imine (C=N–C) groups is 1. The van der Waals surface area contributed by atoms with Gasteiger partial charge in [-0.15, -0.1) is 0 Å². The van der Waals surface area contributed by atoms with Crippen molar-refractivity contribution in [3.05, 3.63) is 54.6 Å². The number of para-hydroxylation sites is 3. The van der Waals surface area contributed by atoms with Crippen LogP contribution in [-0.2, 0) is 9.59 Å². The van der Waals surface area contributed by atoms with Gasteiger partial charge in [0.15, 0.2) is 5.17 Å². The molecule has 3 rings (SSSR count). The van der Waals surface area contributed by atoms with Gasteiger partial charge in [-0.05, 0) is 31.2 Å². The lowest BCUT2D eigenvalue weighted by atomic mass is 10.2. The van der Waals surface area contributed by atoms with Gasteiger partial charge in [0.05, 0.1) is 18.0 Å². The first-order chi connectivity index (χ1) is 12.7. The molecule has 0 spiro atoms. The van der Waals surface area contributed by atoms with Crippen molar-refractivity contribution in [2.24, 2.45) is 4.99 Å². The second-order valence-electron chi connectivity index (χ2n) is 5.53. The highest BCUT2D eigenvalue weighted by molar-refractivity contribution is 8.15. The number of amidine groups is 1. The number of benzene rings is 2. The number of ether oxygens (including phenoxy) is 1. The lowest BCUT2D eigenvalue weighted by Crippen LogP contribution is -2.28. The first kappa shape index (κ1) is 18.0. The van der Waals surface area contributed by atoms with Crippen molar-refractivity contribution >= 4 is 40.1 Å². The summed E-state index contributed by atoms with van der Waals surface area (Å²) in [5.41, 5.74) is 1.35. The van der Waals surface area contributed by atoms with Crippen LogP contribution in [0, 0.1) is 0 Å². The summed E-state index contributed by atoms with van der Waals surface area (Å²) >= 11 is 1.26. The Morgan fingerprint density at radius 1 is 1.19 bits per heavy atom. The molecule has 26 heavy (non-hydrogen) atoms. The van der Waals surface area contributed by atoms with E-state index in [2.05, 4.69) is 15.6 Å². The Morgan fingerprint density at radius 3 is 2.69 bits per heavy atom. The van der Waals surface area contributed by atoms with Gasteiger partial charge >= 0.3 is 0 Å². The van der Waals surface area contributed by atoms with Crippen LogP contribution in [0.4, 0.5) is 11.4 Å². The zero-order chi connectivity index (χ0) is 18.4. The fourth-order valence-electron chi connectivity index (χ4n) is 2.43. The van der Waals surface area contributed by atoms with E-state index in [9.17, 15) is 9.59 Å². The largest absolute Gasteiger partial charge is 0.492 e. The van der Waals surface area contributed by atoms with Crippen LogP contribution in [0.1, 0.15) is 13.3 Å². The van der Waals surface area contributed by atoms with E-state index in [4.69, 9.17) is 4.74 Å². The number of amides is 2. The maximum atomic E-state index is 12.3. The van der Waals surface area contributed by atoms with E-state index in [1.807, 2.05) is 49.4 Å². The summed E-state index contributed by atoms with van der Waals surface area (Å²) in [6.07, 6.45) is 0.0603. The number of rotatable bonds is 6. The summed E-state index contributed by atoms with van der Waals surface area (Å²) in [4.78, 5) is 28.8. The van der Waals surface area contributed by atoms with E-state index in [1.165, 1.54) is 11.8 Å². The van der Waals surface area contributed by atoms with Gasteiger partial charge in [-0.25, -0.2) is 4.99 Å². The van der Waals surface area contributed by atoms with Crippen molar-refractivity contribution in [3.63, 3.8) is 0 Å². The van der Waals surface area contributed by atoms with Gasteiger partial charge in [0.25, 0.3) is 0 Å². The van der Waals surface area contributed by atoms with Crippen molar-refractivity contribution in [1.82, 2.24) is 5.32 Å². The van der Waals surface area contributed by atoms with E-state index in [0.717, 1.165) is 5.69 Å². The molecule has 1 fully saturated rings. The number of hydrogen-bond acceptors (Lipinski definition) is 5. The monoisotopic (exact) mass is 369 g/mol. The molecule has 134 valence electrons. The second kappa shape index (κ2) is 8.53. The smallest absolute Gasteiger partial charge is 0.240 e. The summed E-state index contributed by atoms with van der Waals surface area (Å²) in [6.45, 7) is 2.39. The third-order valence-corrected chi connectivity index (χ3v) is 4.68. The predicted octanol–water partition coefficient (Wildman–Crippen LogP) is 3.33. The molecule has 1 aliphatic rings. The van der Waals surface area contributed by atoms with Crippen LogP contribution in [-0.4, -0.2) is 28.8 Å². The molecule has 0 aliphatic carbocycles. The van der Waals surface area contributed by atoms with Crippen molar-refractivity contribution in [2.75, 3.05) is 11.9 Å². The van der Waals surface area contributed by atoms with Gasteiger partial charge in [0, 0.05) is 6.42 Å². The molecule has 6 nitrogen and oxygen atoms in total. The SMILES string of the molecule is CCOc1ccccc1NC(=O)CC1SC(=Nc2ccccc2)NC1=O. The number of nitrogens with one attached hydrogen (secondary N) is 2. The van der Waals surface area contributed by atoms with E-state index >= 15 is 0 Å². The summed E-state index contributed by atoms with van der Waals surface area (Å²) in [6, 6.07) is 16.6. The zero-order valence-electron chi connectivity index (χ0n) is 14.3. The molecule has 1 unspecified atom stereocenters. The van der Waals surface area contributed by atoms with Gasteiger partial charge in [-0.1, -0.05) is 42.1 Å². The van der Waals surface area contributed by atoms with Gasteiger partial charge in [-0.3, -0.25) is 9.59 Å². The third-order valence-electron chi connectivity index (χ3n) is 3.60. The lowest BCUT2D eigenvalue weighted by molar-refractivity contribution is -0.122. The quantitative estimate of drug-likeness (QED) is 0.818. The molecule has 1 aliphatic heterocycles. The fraction of sp³-hybridized carbons (Fsp3) is 0.211. The average Bonchev–Trinajstić information content (AvgIpc) is 2.96. The van der Waals surface area contributed by atoms with Crippen LogP contribution in [0.5, 0.6) is 5.75 Å². The average molecular weight is 369 g/mol. The zero-order valence-corrected chi connectivity index (χ0v) is 15.1. The fourth-order valence-corrected chi connectivity index (χ4v) is 3.42. The Labute approximate surface area is 156 Å². The minimum Gasteiger partial charge on any atom is -0.492 e. The van der Waals surface area contributed by atoms with Crippen LogP contribution in [0.15, 0.2) is 59.6 Å². The highest BCUT2D eigenvalue weighted by Crippen LogP contribution is 2.27. The Kier molecular flexibility index (Phi) is 5.91. The molecule has 7 heteroatoms. The Balaban J connectivity index is 1.61. The normalized spacial score (nSPS) is 17.8. The number of thioether (sulfide) groups is 1. The highest BCUT2D eigenvalue weighted by atomic mass is 32.2. The number of hydrogen-bond donors (Lipinski definition) is 2. The van der Waals surface area contributed by atoms with E-state index in [1.54, 1.807) is 12.1 Å². The molecule has 2 aromatic carbocycles. The van der Waals surface area contributed by atoms with E-state index in [0.29, 0.717) is 23.2 Å². The third kappa shape index (κ3) is 4.64. The van der Waals surface area contributed by atoms with Gasteiger partial charge in [0.1, 0.15) is 11.0 Å². The summed E-state index contributed by atoms with van der Waals surface area (Å²) in [5.74, 6) is 0.155. The molecule has 1 saturated heterocycles. The predicted molar refractivity (Wildman–Crippen MR) is 104 cm³/mol. The van der Waals surface area contributed by atoms with Crippen LogP contribution in [0.3, 0.4) is 0 Å². The summed E-state index contributed by atoms with van der Waals surface area (Å²) in [7, 11) is 0. The van der Waals surface area contributed by atoms with Crippen LogP contribution >= 0.6 is 11.8 Å². The minimum absolute atomic E-state index is 0.0603. The van der Waals surface area contributed by atoms with Crippen molar-refractivity contribution < 1.29 is 14.3 Å². The molecule has 1 atom stereocenters. The Morgan fingerprint density at radius 2 is 1.92 bits per heavy atom. The minimum atomic E-state index is -0.503. The van der Waals surface area contributed by atoms with Crippen molar-refractivity contribution in [1.29, 1.82) is 0 Å². The molecular formula is C19H19N3O3S. The Bertz CT molecular complexity index is 824. The summed E-state index contributed by atoms with van der Waals surface area (Å²) in [5, 5.41) is 5.54. The standard InChI is InChI=1S/C19H19N3O3S/c1-2-25-15-11-7-6-10-14(15)21-17(23)12-16-18(24)22-19(26-16)20-13-8-4-3-5-9-13/h3-11,16H,2,12H2,1H3,(H,21,23)(H,20,22,24). The topological polar surface area (TPSA) is 79.8 Å². The van der Waals surface area contributed by atoms with Crippen LogP contribution in [0.25, 0.3) is 0 Å². The molecule has 2 amide bonds. The van der Waals surface area contributed by atoms with Crippen molar-refractivity contribution in [2.45, 2.75) is 18.6 Å². The number of nitrogens with zero attached hydrogens (tertiary/aromatic N) is 1.